The highest BCUT2D eigenvalue weighted by Gasteiger charge is 2.17. The summed E-state index contributed by atoms with van der Waals surface area (Å²) < 4.78 is 5.05. The number of guanidine groups is 1. The molecule has 0 spiro atoms. The number of nitrogens with one attached hydrogen (secondary N) is 2. The summed E-state index contributed by atoms with van der Waals surface area (Å²) in [7, 11) is 1.71. The van der Waals surface area contributed by atoms with Crippen molar-refractivity contribution in [1.29, 1.82) is 0 Å². The van der Waals surface area contributed by atoms with E-state index in [1.807, 2.05) is 6.92 Å². The third-order valence-electron chi connectivity index (χ3n) is 2.13. The quantitative estimate of drug-likeness (QED) is 0.261. The zero-order chi connectivity index (χ0) is 11.7. The van der Waals surface area contributed by atoms with Gasteiger partial charge in [-0.2, -0.15) is 0 Å². The maximum Gasteiger partial charge on any atom is 0.205 e. The number of nitrogens with two attached hydrogens (primary N) is 1. The SMILES string of the molecule is CCNC(=NCC(C)(C)CCOC)NN. The molecule has 0 atom stereocenters. The lowest BCUT2D eigenvalue weighted by Gasteiger charge is -2.22. The van der Waals surface area contributed by atoms with Crippen molar-refractivity contribution in [2.24, 2.45) is 16.3 Å². The molecule has 5 nitrogen and oxygen atoms in total. The van der Waals surface area contributed by atoms with Gasteiger partial charge in [-0.25, -0.2) is 5.84 Å². The lowest BCUT2D eigenvalue weighted by Crippen LogP contribution is -2.42. The fourth-order valence-corrected chi connectivity index (χ4v) is 1.07. The minimum Gasteiger partial charge on any atom is -0.385 e. The van der Waals surface area contributed by atoms with Gasteiger partial charge in [0, 0.05) is 26.8 Å². The molecule has 0 aliphatic rings. The second-order valence-corrected chi connectivity index (χ2v) is 4.25. The van der Waals surface area contributed by atoms with E-state index >= 15 is 0 Å². The molecule has 0 aromatic carbocycles. The van der Waals surface area contributed by atoms with Crippen molar-refractivity contribution in [3.63, 3.8) is 0 Å². The lowest BCUT2D eigenvalue weighted by molar-refractivity contribution is 0.155. The Labute approximate surface area is 92.4 Å². The number of hydrazine groups is 1. The van der Waals surface area contributed by atoms with Crippen LogP contribution in [-0.2, 0) is 4.74 Å². The molecule has 5 heteroatoms. The van der Waals surface area contributed by atoms with Crippen molar-refractivity contribution < 1.29 is 4.74 Å². The third kappa shape index (κ3) is 7.16. The second kappa shape index (κ2) is 7.48. The summed E-state index contributed by atoms with van der Waals surface area (Å²) in [5.74, 6) is 5.96. The van der Waals surface area contributed by atoms with E-state index in [0.717, 1.165) is 26.1 Å². The van der Waals surface area contributed by atoms with Crippen LogP contribution < -0.4 is 16.6 Å². The number of hydrogen-bond donors (Lipinski definition) is 3. The van der Waals surface area contributed by atoms with Crippen molar-refractivity contribution in [1.82, 2.24) is 10.7 Å². The zero-order valence-corrected chi connectivity index (χ0v) is 10.3. The van der Waals surface area contributed by atoms with E-state index < -0.39 is 0 Å². The molecule has 0 heterocycles. The summed E-state index contributed by atoms with van der Waals surface area (Å²) in [5.41, 5.74) is 2.67. The van der Waals surface area contributed by atoms with Gasteiger partial charge in [-0.15, -0.1) is 0 Å². The van der Waals surface area contributed by atoms with Gasteiger partial charge in [-0.05, 0) is 18.8 Å². The topological polar surface area (TPSA) is 71.7 Å². The average Bonchev–Trinajstić information content (AvgIpc) is 2.21. The number of aliphatic imine (C=N–C) groups is 1. The molecule has 0 aliphatic heterocycles. The van der Waals surface area contributed by atoms with E-state index in [-0.39, 0.29) is 5.41 Å². The lowest BCUT2D eigenvalue weighted by atomic mass is 9.90. The van der Waals surface area contributed by atoms with Gasteiger partial charge in [0.1, 0.15) is 0 Å². The molecule has 0 aliphatic carbocycles. The van der Waals surface area contributed by atoms with Crippen LogP contribution >= 0.6 is 0 Å². The molecule has 0 aromatic heterocycles. The van der Waals surface area contributed by atoms with Gasteiger partial charge in [-0.1, -0.05) is 13.8 Å². The first kappa shape index (κ1) is 14.2. The fourth-order valence-electron chi connectivity index (χ4n) is 1.07. The zero-order valence-electron chi connectivity index (χ0n) is 10.3. The van der Waals surface area contributed by atoms with Crippen LogP contribution in [0.1, 0.15) is 27.2 Å². The van der Waals surface area contributed by atoms with Gasteiger partial charge in [0.05, 0.1) is 0 Å². The highest BCUT2D eigenvalue weighted by atomic mass is 16.5. The summed E-state index contributed by atoms with van der Waals surface area (Å²) in [4.78, 5) is 4.37. The monoisotopic (exact) mass is 216 g/mol. The smallest absolute Gasteiger partial charge is 0.205 e. The molecular formula is C10H24N4O. The molecule has 0 bridgehead atoms. The van der Waals surface area contributed by atoms with Crippen LogP contribution in [0, 0.1) is 5.41 Å². The van der Waals surface area contributed by atoms with Crippen LogP contribution in [0.2, 0.25) is 0 Å². The fraction of sp³-hybridized carbons (Fsp3) is 0.900. The van der Waals surface area contributed by atoms with Crippen molar-refractivity contribution >= 4 is 5.96 Å². The van der Waals surface area contributed by atoms with Gasteiger partial charge in [0.25, 0.3) is 0 Å². The summed E-state index contributed by atoms with van der Waals surface area (Å²) in [6.45, 7) is 8.62. The Kier molecular flexibility index (Phi) is 7.07. The van der Waals surface area contributed by atoms with Crippen LogP contribution in [0.4, 0.5) is 0 Å². The Balaban J connectivity index is 4.06. The van der Waals surface area contributed by atoms with Gasteiger partial charge in [-0.3, -0.25) is 10.4 Å². The minimum absolute atomic E-state index is 0.132. The second-order valence-electron chi connectivity index (χ2n) is 4.25. The van der Waals surface area contributed by atoms with E-state index in [4.69, 9.17) is 10.6 Å². The number of ether oxygens (including phenoxy) is 1. The Hall–Kier alpha value is -0.810. The summed E-state index contributed by atoms with van der Waals surface area (Å²) >= 11 is 0. The predicted molar refractivity (Wildman–Crippen MR) is 63.6 cm³/mol. The van der Waals surface area contributed by atoms with Gasteiger partial charge in [0.2, 0.25) is 5.96 Å². The molecule has 0 saturated carbocycles. The van der Waals surface area contributed by atoms with Crippen molar-refractivity contribution in [2.75, 3.05) is 26.8 Å². The van der Waals surface area contributed by atoms with Crippen LogP contribution in [0.5, 0.6) is 0 Å². The predicted octanol–water partition coefficient (Wildman–Crippen LogP) is 0.478. The van der Waals surface area contributed by atoms with Gasteiger partial charge in [0.15, 0.2) is 0 Å². The summed E-state index contributed by atoms with van der Waals surface area (Å²) in [5, 5.41) is 3.04. The van der Waals surface area contributed by atoms with Crippen LogP contribution in [-0.4, -0.2) is 32.8 Å². The Morgan fingerprint density at radius 1 is 1.47 bits per heavy atom. The van der Waals surface area contributed by atoms with Crippen molar-refractivity contribution in [3.05, 3.63) is 0 Å². The Morgan fingerprint density at radius 3 is 2.60 bits per heavy atom. The molecule has 0 saturated heterocycles. The highest BCUT2D eigenvalue weighted by Crippen LogP contribution is 2.20. The van der Waals surface area contributed by atoms with E-state index in [1.54, 1.807) is 7.11 Å². The van der Waals surface area contributed by atoms with E-state index in [2.05, 4.69) is 29.6 Å². The van der Waals surface area contributed by atoms with E-state index in [9.17, 15) is 0 Å². The summed E-state index contributed by atoms with van der Waals surface area (Å²) in [6, 6.07) is 0. The minimum atomic E-state index is 0.132. The first-order chi connectivity index (χ1) is 7.05. The van der Waals surface area contributed by atoms with Crippen LogP contribution in [0.25, 0.3) is 0 Å². The van der Waals surface area contributed by atoms with Gasteiger partial charge < -0.3 is 10.1 Å². The maximum atomic E-state index is 5.32. The van der Waals surface area contributed by atoms with Crippen molar-refractivity contribution in [2.45, 2.75) is 27.2 Å². The largest absolute Gasteiger partial charge is 0.385 e. The van der Waals surface area contributed by atoms with Crippen molar-refractivity contribution in [3.8, 4) is 0 Å². The summed E-state index contributed by atoms with van der Waals surface area (Å²) in [6.07, 6.45) is 0.983. The molecular weight excluding hydrogens is 192 g/mol. The molecule has 0 radical (unpaired) electrons. The van der Waals surface area contributed by atoms with E-state index in [0.29, 0.717) is 5.96 Å². The number of nitrogens with zero attached hydrogens (tertiary/aromatic N) is 1. The molecule has 0 fully saturated rings. The van der Waals surface area contributed by atoms with Gasteiger partial charge >= 0.3 is 0 Å². The molecule has 15 heavy (non-hydrogen) atoms. The molecule has 0 amide bonds. The average molecular weight is 216 g/mol. The first-order valence-corrected chi connectivity index (χ1v) is 5.29. The maximum absolute atomic E-state index is 5.32. The molecule has 0 unspecified atom stereocenters. The number of hydrogen-bond acceptors (Lipinski definition) is 3. The first-order valence-electron chi connectivity index (χ1n) is 5.29. The number of methoxy groups -OCH3 is 1. The van der Waals surface area contributed by atoms with Crippen LogP contribution in [0.15, 0.2) is 4.99 Å². The molecule has 4 N–H and O–H groups in total. The van der Waals surface area contributed by atoms with Crippen LogP contribution in [0.3, 0.4) is 0 Å². The highest BCUT2D eigenvalue weighted by molar-refractivity contribution is 5.79. The normalized spacial score (nSPS) is 12.7. The molecule has 0 aromatic rings. The molecule has 0 rings (SSSR count). The number of rotatable bonds is 6. The Morgan fingerprint density at radius 2 is 2.13 bits per heavy atom. The van der Waals surface area contributed by atoms with E-state index in [1.165, 1.54) is 0 Å². The standard InChI is InChI=1S/C10H24N4O/c1-5-12-9(14-11)13-8-10(2,3)6-7-15-4/h5-8,11H2,1-4H3,(H2,12,13,14). The molecule has 90 valence electrons. The Bertz CT molecular complexity index is 192. The third-order valence-corrected chi connectivity index (χ3v) is 2.13.